The van der Waals surface area contributed by atoms with Gasteiger partial charge in [-0.05, 0) is 32.1 Å². The van der Waals surface area contributed by atoms with E-state index < -0.39 is 0 Å². The summed E-state index contributed by atoms with van der Waals surface area (Å²) in [7, 11) is 0. The van der Waals surface area contributed by atoms with Gasteiger partial charge in [-0.2, -0.15) is 0 Å². The first kappa shape index (κ1) is 10.7. The first-order valence-corrected chi connectivity index (χ1v) is 4.36. The predicted molar refractivity (Wildman–Crippen MR) is 49.5 cm³/mol. The summed E-state index contributed by atoms with van der Waals surface area (Å²) in [6.45, 7) is 9.94. The van der Waals surface area contributed by atoms with Crippen LogP contribution in [0.3, 0.4) is 0 Å². The lowest BCUT2D eigenvalue weighted by Gasteiger charge is -2.13. The van der Waals surface area contributed by atoms with Crippen LogP contribution in [0.25, 0.3) is 0 Å². The third kappa shape index (κ3) is 6.11. The van der Waals surface area contributed by atoms with Crippen molar-refractivity contribution < 1.29 is 5.11 Å². The van der Waals surface area contributed by atoms with Crippen molar-refractivity contribution in [1.29, 1.82) is 0 Å². The second kappa shape index (κ2) is 5.36. The molecule has 0 aromatic carbocycles. The van der Waals surface area contributed by atoms with Gasteiger partial charge in [0, 0.05) is 0 Å². The SMILES string of the molecule is C=C(C)CCCC(O)C(C)C. The second-order valence-electron chi connectivity index (χ2n) is 3.66. The average Bonchev–Trinajstić information content (AvgIpc) is 1.86. The van der Waals surface area contributed by atoms with Crippen molar-refractivity contribution in [2.45, 2.75) is 46.1 Å². The molecule has 0 aromatic rings. The van der Waals surface area contributed by atoms with Crippen LogP contribution in [0.4, 0.5) is 0 Å². The summed E-state index contributed by atoms with van der Waals surface area (Å²) in [5.74, 6) is 0.389. The lowest BCUT2D eigenvalue weighted by molar-refractivity contribution is 0.114. The van der Waals surface area contributed by atoms with Crippen LogP contribution < -0.4 is 0 Å². The van der Waals surface area contributed by atoms with Crippen molar-refractivity contribution in [3.8, 4) is 0 Å². The maximum absolute atomic E-state index is 9.41. The number of hydrogen-bond acceptors (Lipinski definition) is 1. The van der Waals surface area contributed by atoms with E-state index >= 15 is 0 Å². The van der Waals surface area contributed by atoms with E-state index in [0.717, 1.165) is 19.3 Å². The van der Waals surface area contributed by atoms with E-state index in [1.165, 1.54) is 5.57 Å². The summed E-state index contributed by atoms with van der Waals surface area (Å²) < 4.78 is 0. The Morgan fingerprint density at radius 2 is 2.00 bits per heavy atom. The molecule has 0 radical (unpaired) electrons. The molecule has 1 nitrogen and oxygen atoms in total. The van der Waals surface area contributed by atoms with Gasteiger partial charge in [-0.25, -0.2) is 0 Å². The molecule has 0 fully saturated rings. The number of rotatable bonds is 5. The van der Waals surface area contributed by atoms with Crippen molar-refractivity contribution in [2.75, 3.05) is 0 Å². The van der Waals surface area contributed by atoms with Crippen molar-refractivity contribution in [2.24, 2.45) is 5.92 Å². The van der Waals surface area contributed by atoms with Crippen LogP contribution in [0.2, 0.25) is 0 Å². The maximum atomic E-state index is 9.41. The number of allylic oxidation sites excluding steroid dienone is 1. The van der Waals surface area contributed by atoms with Gasteiger partial charge in [0.2, 0.25) is 0 Å². The zero-order valence-electron chi connectivity index (χ0n) is 7.93. The highest BCUT2D eigenvalue weighted by molar-refractivity contribution is 4.87. The van der Waals surface area contributed by atoms with E-state index in [0.29, 0.717) is 5.92 Å². The summed E-state index contributed by atoms with van der Waals surface area (Å²) >= 11 is 0. The zero-order chi connectivity index (χ0) is 8.85. The molecule has 11 heavy (non-hydrogen) atoms. The number of aliphatic hydroxyl groups is 1. The molecule has 0 bridgehead atoms. The molecule has 1 atom stereocenters. The Balaban J connectivity index is 3.31. The van der Waals surface area contributed by atoms with E-state index in [1.54, 1.807) is 0 Å². The van der Waals surface area contributed by atoms with Gasteiger partial charge in [0.05, 0.1) is 6.10 Å². The molecule has 0 saturated heterocycles. The molecule has 1 unspecified atom stereocenters. The molecule has 0 aliphatic heterocycles. The van der Waals surface area contributed by atoms with Gasteiger partial charge in [-0.15, -0.1) is 6.58 Å². The maximum Gasteiger partial charge on any atom is 0.0563 e. The monoisotopic (exact) mass is 156 g/mol. The van der Waals surface area contributed by atoms with Crippen LogP contribution in [0.15, 0.2) is 12.2 Å². The summed E-state index contributed by atoms with van der Waals surface area (Å²) in [6, 6.07) is 0. The molecule has 0 aliphatic rings. The molecule has 0 spiro atoms. The molecule has 0 saturated carbocycles. The van der Waals surface area contributed by atoms with E-state index in [4.69, 9.17) is 0 Å². The van der Waals surface area contributed by atoms with E-state index in [1.807, 2.05) is 20.8 Å². The Morgan fingerprint density at radius 3 is 2.36 bits per heavy atom. The third-order valence-corrected chi connectivity index (χ3v) is 1.87. The lowest BCUT2D eigenvalue weighted by Crippen LogP contribution is -2.13. The van der Waals surface area contributed by atoms with Crippen LogP contribution >= 0.6 is 0 Å². The second-order valence-corrected chi connectivity index (χ2v) is 3.66. The highest BCUT2D eigenvalue weighted by atomic mass is 16.3. The average molecular weight is 156 g/mol. The minimum absolute atomic E-state index is 0.130. The van der Waals surface area contributed by atoms with Crippen molar-refractivity contribution >= 4 is 0 Å². The van der Waals surface area contributed by atoms with Crippen molar-refractivity contribution in [1.82, 2.24) is 0 Å². The zero-order valence-corrected chi connectivity index (χ0v) is 7.93. The molecule has 0 heterocycles. The molecule has 0 rings (SSSR count). The molecular formula is C10H20O. The summed E-state index contributed by atoms with van der Waals surface area (Å²) in [5.41, 5.74) is 1.21. The predicted octanol–water partition coefficient (Wildman–Crippen LogP) is 2.75. The van der Waals surface area contributed by atoms with Gasteiger partial charge < -0.3 is 5.11 Å². The largest absolute Gasteiger partial charge is 0.393 e. The Bertz CT molecular complexity index is 116. The number of aliphatic hydroxyl groups excluding tert-OH is 1. The smallest absolute Gasteiger partial charge is 0.0563 e. The summed E-state index contributed by atoms with van der Waals surface area (Å²) in [4.78, 5) is 0. The standard InChI is InChI=1S/C10H20O/c1-8(2)6-5-7-10(11)9(3)4/h9-11H,1,5-7H2,2-4H3. The van der Waals surface area contributed by atoms with Crippen LogP contribution in [0.1, 0.15) is 40.0 Å². The van der Waals surface area contributed by atoms with E-state index in [9.17, 15) is 5.11 Å². The summed E-state index contributed by atoms with van der Waals surface area (Å²) in [6.07, 6.45) is 2.89. The van der Waals surface area contributed by atoms with Crippen LogP contribution in [-0.4, -0.2) is 11.2 Å². The van der Waals surface area contributed by atoms with Gasteiger partial charge in [-0.1, -0.05) is 19.4 Å². The van der Waals surface area contributed by atoms with E-state index in [2.05, 4.69) is 6.58 Å². The molecule has 1 N–H and O–H groups in total. The normalized spacial score (nSPS) is 13.5. The Kier molecular flexibility index (Phi) is 5.22. The van der Waals surface area contributed by atoms with Crippen molar-refractivity contribution in [3.05, 3.63) is 12.2 Å². The Hall–Kier alpha value is -0.300. The molecular weight excluding hydrogens is 136 g/mol. The van der Waals surface area contributed by atoms with Gasteiger partial charge in [-0.3, -0.25) is 0 Å². The third-order valence-electron chi connectivity index (χ3n) is 1.87. The molecule has 66 valence electrons. The van der Waals surface area contributed by atoms with Gasteiger partial charge in [0.15, 0.2) is 0 Å². The Labute approximate surface area is 70.1 Å². The summed E-state index contributed by atoms with van der Waals surface area (Å²) in [5, 5.41) is 9.41. The molecule has 0 amide bonds. The fourth-order valence-electron chi connectivity index (χ4n) is 0.946. The highest BCUT2D eigenvalue weighted by Gasteiger charge is 2.07. The van der Waals surface area contributed by atoms with E-state index in [-0.39, 0.29) is 6.10 Å². The van der Waals surface area contributed by atoms with Crippen molar-refractivity contribution in [3.63, 3.8) is 0 Å². The first-order chi connectivity index (χ1) is 5.04. The molecule has 0 aromatic heterocycles. The quantitative estimate of drug-likeness (QED) is 0.607. The Morgan fingerprint density at radius 1 is 1.45 bits per heavy atom. The topological polar surface area (TPSA) is 20.2 Å². The first-order valence-electron chi connectivity index (χ1n) is 4.36. The van der Waals surface area contributed by atoms with Crippen LogP contribution in [0, 0.1) is 5.92 Å². The fraction of sp³-hybridized carbons (Fsp3) is 0.800. The highest BCUT2D eigenvalue weighted by Crippen LogP contribution is 2.11. The van der Waals surface area contributed by atoms with Gasteiger partial charge in [0.1, 0.15) is 0 Å². The minimum atomic E-state index is -0.130. The molecule has 0 aliphatic carbocycles. The fourth-order valence-corrected chi connectivity index (χ4v) is 0.946. The van der Waals surface area contributed by atoms with Crippen LogP contribution in [0.5, 0.6) is 0 Å². The van der Waals surface area contributed by atoms with Crippen LogP contribution in [-0.2, 0) is 0 Å². The van der Waals surface area contributed by atoms with Gasteiger partial charge >= 0.3 is 0 Å². The van der Waals surface area contributed by atoms with Gasteiger partial charge in [0.25, 0.3) is 0 Å². The lowest BCUT2D eigenvalue weighted by atomic mass is 10.0. The minimum Gasteiger partial charge on any atom is -0.393 e. The molecule has 1 heteroatoms. The number of hydrogen-bond donors (Lipinski definition) is 1.